The maximum absolute atomic E-state index is 10.8. The van der Waals surface area contributed by atoms with Gasteiger partial charge in [-0.25, -0.2) is 0 Å². The maximum Gasteiger partial charge on any atom is 0.307 e. The number of halogens is 1. The van der Waals surface area contributed by atoms with E-state index in [9.17, 15) is 4.79 Å². The number of rotatable bonds is 6. The van der Waals surface area contributed by atoms with E-state index in [2.05, 4.69) is 19.2 Å². The highest BCUT2D eigenvalue weighted by atomic mass is 35.5. The molecule has 0 aromatic carbocycles. The SMILES string of the molecule is CCOC(=O)CCNCC(C)C.Cl. The summed E-state index contributed by atoms with van der Waals surface area (Å²) in [4.78, 5) is 10.8. The number of ether oxygens (including phenoxy) is 1. The minimum absolute atomic E-state index is 0. The first-order valence-electron chi connectivity index (χ1n) is 4.53. The van der Waals surface area contributed by atoms with Crippen molar-refractivity contribution in [2.45, 2.75) is 27.2 Å². The van der Waals surface area contributed by atoms with Crippen molar-refractivity contribution >= 4 is 18.4 Å². The monoisotopic (exact) mass is 209 g/mol. The van der Waals surface area contributed by atoms with Crippen molar-refractivity contribution in [1.82, 2.24) is 5.32 Å². The minimum Gasteiger partial charge on any atom is -0.466 e. The molecular formula is C9H20ClNO2. The summed E-state index contributed by atoms with van der Waals surface area (Å²) in [6.45, 7) is 8.24. The van der Waals surface area contributed by atoms with Crippen LogP contribution in [0.4, 0.5) is 0 Å². The number of carbonyl (C=O) groups is 1. The number of carbonyl (C=O) groups excluding carboxylic acids is 1. The Balaban J connectivity index is 0. The normalized spacial score (nSPS) is 9.54. The second kappa shape index (κ2) is 9.81. The average molecular weight is 210 g/mol. The number of esters is 1. The summed E-state index contributed by atoms with van der Waals surface area (Å²) in [5, 5.41) is 3.17. The molecule has 80 valence electrons. The lowest BCUT2D eigenvalue weighted by Gasteiger charge is -2.06. The van der Waals surface area contributed by atoms with Crippen molar-refractivity contribution in [2.24, 2.45) is 5.92 Å². The van der Waals surface area contributed by atoms with Gasteiger partial charge in [-0.3, -0.25) is 4.79 Å². The fourth-order valence-corrected chi connectivity index (χ4v) is 0.814. The average Bonchev–Trinajstić information content (AvgIpc) is 1.98. The molecule has 0 aliphatic rings. The van der Waals surface area contributed by atoms with Crippen LogP contribution in [0.25, 0.3) is 0 Å². The Morgan fingerprint density at radius 2 is 2.08 bits per heavy atom. The van der Waals surface area contributed by atoms with E-state index in [1.165, 1.54) is 0 Å². The van der Waals surface area contributed by atoms with Crippen LogP contribution >= 0.6 is 12.4 Å². The summed E-state index contributed by atoms with van der Waals surface area (Å²) in [5.74, 6) is 0.515. The molecule has 0 spiro atoms. The van der Waals surface area contributed by atoms with Crippen LogP contribution in [0.15, 0.2) is 0 Å². The summed E-state index contributed by atoms with van der Waals surface area (Å²) in [5.41, 5.74) is 0. The van der Waals surface area contributed by atoms with Crippen LogP contribution in [-0.2, 0) is 9.53 Å². The van der Waals surface area contributed by atoms with Crippen molar-refractivity contribution in [3.8, 4) is 0 Å². The predicted molar refractivity (Wildman–Crippen MR) is 56.2 cm³/mol. The second-order valence-electron chi connectivity index (χ2n) is 3.15. The van der Waals surface area contributed by atoms with E-state index in [1.54, 1.807) is 0 Å². The van der Waals surface area contributed by atoms with Crippen LogP contribution in [-0.4, -0.2) is 25.7 Å². The van der Waals surface area contributed by atoms with Crippen LogP contribution in [0.3, 0.4) is 0 Å². The number of hydrogen-bond donors (Lipinski definition) is 1. The fourth-order valence-electron chi connectivity index (χ4n) is 0.814. The third kappa shape index (κ3) is 11.7. The van der Waals surface area contributed by atoms with E-state index in [0.717, 1.165) is 13.1 Å². The van der Waals surface area contributed by atoms with Gasteiger partial charge in [0.1, 0.15) is 0 Å². The smallest absolute Gasteiger partial charge is 0.307 e. The van der Waals surface area contributed by atoms with Crippen LogP contribution in [0, 0.1) is 5.92 Å². The lowest BCUT2D eigenvalue weighted by atomic mass is 10.2. The third-order valence-electron chi connectivity index (χ3n) is 1.36. The van der Waals surface area contributed by atoms with Gasteiger partial charge in [0.25, 0.3) is 0 Å². The molecule has 4 heteroatoms. The molecule has 13 heavy (non-hydrogen) atoms. The number of hydrogen-bond acceptors (Lipinski definition) is 3. The topological polar surface area (TPSA) is 38.3 Å². The molecule has 0 aromatic heterocycles. The molecule has 0 rings (SSSR count). The van der Waals surface area contributed by atoms with Crippen molar-refractivity contribution in [2.75, 3.05) is 19.7 Å². The Hall–Kier alpha value is -0.280. The first kappa shape index (κ1) is 15.2. The van der Waals surface area contributed by atoms with E-state index >= 15 is 0 Å². The molecule has 0 aliphatic heterocycles. The summed E-state index contributed by atoms with van der Waals surface area (Å²) in [6.07, 6.45) is 0.473. The molecule has 0 atom stereocenters. The van der Waals surface area contributed by atoms with E-state index in [-0.39, 0.29) is 18.4 Å². The molecular weight excluding hydrogens is 190 g/mol. The largest absolute Gasteiger partial charge is 0.466 e. The summed E-state index contributed by atoms with van der Waals surface area (Å²) < 4.78 is 4.77. The minimum atomic E-state index is -0.117. The molecule has 1 N–H and O–H groups in total. The van der Waals surface area contributed by atoms with Gasteiger partial charge in [0.15, 0.2) is 0 Å². The summed E-state index contributed by atoms with van der Waals surface area (Å²) in [7, 11) is 0. The Kier molecular flexibility index (Phi) is 11.5. The fraction of sp³-hybridized carbons (Fsp3) is 0.889. The van der Waals surface area contributed by atoms with Gasteiger partial charge in [-0.2, -0.15) is 0 Å². The van der Waals surface area contributed by atoms with Gasteiger partial charge in [-0.1, -0.05) is 13.8 Å². The highest BCUT2D eigenvalue weighted by Gasteiger charge is 2.00. The molecule has 0 fully saturated rings. The van der Waals surface area contributed by atoms with Crippen molar-refractivity contribution in [3.05, 3.63) is 0 Å². The highest BCUT2D eigenvalue weighted by Crippen LogP contribution is 1.88. The van der Waals surface area contributed by atoms with Crippen LogP contribution in [0.2, 0.25) is 0 Å². The molecule has 0 radical (unpaired) electrons. The Bertz CT molecular complexity index is 129. The van der Waals surface area contributed by atoms with Gasteiger partial charge in [0.2, 0.25) is 0 Å². The van der Waals surface area contributed by atoms with Gasteiger partial charge in [-0.15, -0.1) is 12.4 Å². The first-order chi connectivity index (χ1) is 5.66. The first-order valence-corrected chi connectivity index (χ1v) is 4.53. The standard InChI is InChI=1S/C9H19NO2.ClH/c1-4-12-9(11)5-6-10-7-8(2)3;/h8,10H,4-7H2,1-3H3;1H. The van der Waals surface area contributed by atoms with Gasteiger partial charge in [0, 0.05) is 6.54 Å². The molecule has 0 amide bonds. The van der Waals surface area contributed by atoms with E-state index in [1.807, 2.05) is 6.92 Å². The lowest BCUT2D eigenvalue weighted by molar-refractivity contribution is -0.142. The quantitative estimate of drug-likeness (QED) is 0.534. The van der Waals surface area contributed by atoms with Gasteiger partial charge in [-0.05, 0) is 19.4 Å². The second-order valence-corrected chi connectivity index (χ2v) is 3.15. The van der Waals surface area contributed by atoms with Crippen molar-refractivity contribution in [1.29, 1.82) is 0 Å². The predicted octanol–water partition coefficient (Wildman–Crippen LogP) is 1.61. The van der Waals surface area contributed by atoms with Crippen LogP contribution < -0.4 is 5.32 Å². The van der Waals surface area contributed by atoms with Gasteiger partial charge < -0.3 is 10.1 Å². The van der Waals surface area contributed by atoms with Crippen LogP contribution in [0.1, 0.15) is 27.2 Å². The molecule has 0 saturated heterocycles. The number of nitrogens with one attached hydrogen (secondary N) is 1. The van der Waals surface area contributed by atoms with E-state index in [4.69, 9.17) is 4.74 Å². The van der Waals surface area contributed by atoms with Crippen molar-refractivity contribution < 1.29 is 9.53 Å². The Morgan fingerprint density at radius 1 is 1.46 bits per heavy atom. The molecule has 0 aromatic rings. The highest BCUT2D eigenvalue weighted by molar-refractivity contribution is 5.85. The van der Waals surface area contributed by atoms with E-state index in [0.29, 0.717) is 18.9 Å². The zero-order chi connectivity index (χ0) is 9.40. The van der Waals surface area contributed by atoms with Crippen LogP contribution in [0.5, 0.6) is 0 Å². The molecule has 3 nitrogen and oxygen atoms in total. The molecule has 0 unspecified atom stereocenters. The van der Waals surface area contributed by atoms with Gasteiger partial charge >= 0.3 is 5.97 Å². The summed E-state index contributed by atoms with van der Waals surface area (Å²) >= 11 is 0. The Morgan fingerprint density at radius 3 is 2.54 bits per heavy atom. The lowest BCUT2D eigenvalue weighted by Crippen LogP contribution is -2.23. The zero-order valence-electron chi connectivity index (χ0n) is 8.63. The summed E-state index contributed by atoms with van der Waals surface area (Å²) in [6, 6.07) is 0. The molecule has 0 saturated carbocycles. The third-order valence-corrected chi connectivity index (χ3v) is 1.36. The zero-order valence-corrected chi connectivity index (χ0v) is 9.45. The molecule has 0 heterocycles. The molecule has 0 aliphatic carbocycles. The Labute approximate surface area is 86.6 Å². The van der Waals surface area contributed by atoms with Crippen molar-refractivity contribution in [3.63, 3.8) is 0 Å². The maximum atomic E-state index is 10.8. The molecule has 0 bridgehead atoms. The van der Waals surface area contributed by atoms with E-state index < -0.39 is 0 Å². The van der Waals surface area contributed by atoms with Gasteiger partial charge in [0.05, 0.1) is 13.0 Å².